The van der Waals surface area contributed by atoms with Gasteiger partial charge in [0.1, 0.15) is 0 Å². The summed E-state index contributed by atoms with van der Waals surface area (Å²) in [6.07, 6.45) is 7.31. The Morgan fingerprint density at radius 2 is 1.06 bits per heavy atom. The van der Waals surface area contributed by atoms with Crippen LogP contribution in [-0.4, -0.2) is 8.07 Å². The van der Waals surface area contributed by atoms with E-state index in [1.165, 1.54) is 35.1 Å². The van der Waals surface area contributed by atoms with E-state index in [0.717, 1.165) is 0 Å². The number of benzene rings is 2. The number of allylic oxidation sites excluding steroid dienone is 2. The van der Waals surface area contributed by atoms with Crippen molar-refractivity contribution in [3.8, 4) is 0 Å². The van der Waals surface area contributed by atoms with Gasteiger partial charge in [0.2, 0.25) is 0 Å². The van der Waals surface area contributed by atoms with Crippen LogP contribution in [0, 0.1) is 11.8 Å². The van der Waals surface area contributed by atoms with Crippen molar-refractivity contribution in [2.45, 2.75) is 78.6 Å². The molecule has 31 heavy (non-hydrogen) atoms. The average molecular weight is 429 g/mol. The van der Waals surface area contributed by atoms with Crippen molar-refractivity contribution in [1.82, 2.24) is 0 Å². The van der Waals surface area contributed by atoms with E-state index in [1.54, 1.807) is 22.3 Å². The molecule has 0 heterocycles. The third kappa shape index (κ3) is 4.14. The van der Waals surface area contributed by atoms with E-state index in [2.05, 4.69) is 103 Å². The SMILES string of the molecule is CC1=Cc2cc(CC(C)C)ccc2C1[Si](C)(C)C1C(C)=Cc2cc(CC(C)C)ccc21. The van der Waals surface area contributed by atoms with Crippen molar-refractivity contribution in [2.24, 2.45) is 11.8 Å². The zero-order chi connectivity index (χ0) is 22.5. The van der Waals surface area contributed by atoms with Gasteiger partial charge in [-0.1, -0.05) is 100 Å². The Balaban J connectivity index is 1.69. The van der Waals surface area contributed by atoms with Crippen LogP contribution in [0.2, 0.25) is 13.1 Å². The summed E-state index contributed by atoms with van der Waals surface area (Å²) >= 11 is 0. The number of rotatable bonds is 6. The molecule has 2 aromatic carbocycles. The molecule has 0 radical (unpaired) electrons. The lowest BCUT2D eigenvalue weighted by atomic mass is 9.98. The summed E-state index contributed by atoms with van der Waals surface area (Å²) in [6.45, 7) is 19.3. The van der Waals surface area contributed by atoms with Crippen LogP contribution in [0.15, 0.2) is 47.5 Å². The van der Waals surface area contributed by atoms with Gasteiger partial charge in [0.05, 0.1) is 8.07 Å². The van der Waals surface area contributed by atoms with Crippen molar-refractivity contribution in [2.75, 3.05) is 0 Å². The number of hydrogen-bond acceptors (Lipinski definition) is 0. The van der Waals surface area contributed by atoms with Crippen LogP contribution in [0.1, 0.15) is 86.0 Å². The molecule has 0 spiro atoms. The molecule has 2 unspecified atom stereocenters. The molecule has 2 atom stereocenters. The summed E-state index contributed by atoms with van der Waals surface area (Å²) < 4.78 is 0. The predicted molar refractivity (Wildman–Crippen MR) is 140 cm³/mol. The summed E-state index contributed by atoms with van der Waals surface area (Å²) in [6, 6.07) is 14.6. The van der Waals surface area contributed by atoms with Crippen LogP contribution in [-0.2, 0) is 12.8 Å². The van der Waals surface area contributed by atoms with E-state index in [4.69, 9.17) is 0 Å². The van der Waals surface area contributed by atoms with Gasteiger partial charge in [-0.25, -0.2) is 0 Å². The minimum Gasteiger partial charge on any atom is -0.0679 e. The molecule has 0 bridgehead atoms. The highest BCUT2D eigenvalue weighted by molar-refractivity contribution is 6.81. The van der Waals surface area contributed by atoms with Gasteiger partial charge < -0.3 is 0 Å². The van der Waals surface area contributed by atoms with E-state index >= 15 is 0 Å². The first-order valence-electron chi connectivity index (χ1n) is 12.2. The van der Waals surface area contributed by atoms with E-state index < -0.39 is 8.07 Å². The third-order valence-electron chi connectivity index (χ3n) is 7.38. The van der Waals surface area contributed by atoms with Gasteiger partial charge in [0.15, 0.2) is 0 Å². The first kappa shape index (κ1) is 22.3. The maximum absolute atomic E-state index is 2.63. The Morgan fingerprint density at radius 1 is 0.677 bits per heavy atom. The van der Waals surface area contributed by atoms with Gasteiger partial charge in [0.25, 0.3) is 0 Å². The molecule has 0 N–H and O–H groups in total. The van der Waals surface area contributed by atoms with Crippen LogP contribution >= 0.6 is 0 Å². The highest BCUT2D eigenvalue weighted by Crippen LogP contribution is 2.52. The first-order chi connectivity index (χ1) is 14.6. The number of fused-ring (bicyclic) bond motifs is 2. The lowest BCUT2D eigenvalue weighted by Gasteiger charge is -2.39. The van der Waals surface area contributed by atoms with E-state index in [9.17, 15) is 0 Å². The fourth-order valence-electron chi connectivity index (χ4n) is 6.51. The molecule has 2 aliphatic carbocycles. The Labute approximate surface area is 191 Å². The molecule has 0 amide bonds. The molecule has 0 aromatic heterocycles. The second-order valence-corrected chi connectivity index (χ2v) is 16.4. The molecule has 0 nitrogen and oxygen atoms in total. The van der Waals surface area contributed by atoms with Gasteiger partial charge in [-0.2, -0.15) is 0 Å². The number of hydrogen-bond donors (Lipinski definition) is 0. The molecule has 1 heteroatoms. The standard InChI is InChI=1S/C30H40Si/c1-19(2)13-23-9-11-27-25(17-23)15-21(5)29(27)31(7,8)30-22(6)16-26-18-24(14-20(3)4)10-12-28(26)30/h9-12,15-20,29-30H,13-14H2,1-8H3. The molecule has 0 saturated carbocycles. The fourth-order valence-corrected chi connectivity index (χ4v) is 11.5. The van der Waals surface area contributed by atoms with Gasteiger partial charge >= 0.3 is 0 Å². The minimum absolute atomic E-state index is 0.602. The van der Waals surface area contributed by atoms with Crippen molar-refractivity contribution in [3.63, 3.8) is 0 Å². The summed E-state index contributed by atoms with van der Waals surface area (Å²) in [5.74, 6) is 1.41. The predicted octanol–water partition coefficient (Wildman–Crippen LogP) is 8.57. The zero-order valence-electron chi connectivity index (χ0n) is 20.8. The topological polar surface area (TPSA) is 0 Å². The van der Waals surface area contributed by atoms with Crippen LogP contribution in [0.4, 0.5) is 0 Å². The average Bonchev–Trinajstić information content (AvgIpc) is 3.15. The maximum atomic E-state index is 2.63. The van der Waals surface area contributed by atoms with Crippen LogP contribution in [0.3, 0.4) is 0 Å². The molecule has 2 aliphatic rings. The van der Waals surface area contributed by atoms with Gasteiger partial charge in [-0.15, -0.1) is 0 Å². The van der Waals surface area contributed by atoms with Crippen molar-refractivity contribution in [3.05, 3.63) is 80.9 Å². The van der Waals surface area contributed by atoms with Crippen LogP contribution < -0.4 is 0 Å². The molecule has 4 rings (SSSR count). The highest BCUT2D eigenvalue weighted by atomic mass is 28.3. The molecule has 0 fully saturated rings. The minimum atomic E-state index is -1.70. The van der Waals surface area contributed by atoms with Gasteiger partial charge in [-0.05, 0) is 71.9 Å². The van der Waals surface area contributed by atoms with E-state index in [0.29, 0.717) is 22.9 Å². The van der Waals surface area contributed by atoms with Crippen LogP contribution in [0.25, 0.3) is 12.2 Å². The molecule has 0 aliphatic heterocycles. The third-order valence-corrected chi connectivity index (χ3v) is 11.9. The second-order valence-electron chi connectivity index (χ2n) is 11.6. The van der Waals surface area contributed by atoms with Gasteiger partial charge in [0, 0.05) is 11.1 Å². The van der Waals surface area contributed by atoms with Gasteiger partial charge in [-0.3, -0.25) is 0 Å². The normalized spacial score (nSPS) is 20.2. The Hall–Kier alpha value is -1.86. The molecular formula is C30H40Si. The highest BCUT2D eigenvalue weighted by Gasteiger charge is 2.46. The Kier molecular flexibility index (Phi) is 5.94. The zero-order valence-corrected chi connectivity index (χ0v) is 21.8. The Morgan fingerprint density at radius 3 is 1.42 bits per heavy atom. The van der Waals surface area contributed by atoms with E-state index in [1.807, 2.05) is 0 Å². The molecule has 164 valence electrons. The molecular weight excluding hydrogens is 388 g/mol. The summed E-state index contributed by atoms with van der Waals surface area (Å²) in [4.78, 5) is 0. The maximum Gasteiger partial charge on any atom is 0.0722 e. The largest absolute Gasteiger partial charge is 0.0722 e. The fraction of sp³-hybridized carbons (Fsp3) is 0.467. The monoisotopic (exact) mass is 428 g/mol. The summed E-state index contributed by atoms with van der Waals surface area (Å²) in [5, 5.41) is 0. The van der Waals surface area contributed by atoms with Crippen molar-refractivity contribution >= 4 is 20.2 Å². The Bertz CT molecular complexity index is 965. The molecule has 0 saturated heterocycles. The van der Waals surface area contributed by atoms with Crippen molar-refractivity contribution in [1.29, 1.82) is 0 Å². The smallest absolute Gasteiger partial charge is 0.0679 e. The van der Waals surface area contributed by atoms with Crippen LogP contribution in [0.5, 0.6) is 0 Å². The van der Waals surface area contributed by atoms with Crippen molar-refractivity contribution < 1.29 is 0 Å². The second kappa shape index (κ2) is 8.24. The summed E-state index contributed by atoms with van der Waals surface area (Å²) in [5.41, 5.74) is 13.4. The molecule has 2 aromatic rings. The lowest BCUT2D eigenvalue weighted by molar-refractivity contribution is 0.647. The lowest BCUT2D eigenvalue weighted by Crippen LogP contribution is -2.42. The van der Waals surface area contributed by atoms with E-state index in [-0.39, 0.29) is 0 Å². The first-order valence-corrected chi connectivity index (χ1v) is 15.4. The quantitative estimate of drug-likeness (QED) is 0.404. The summed E-state index contributed by atoms with van der Waals surface area (Å²) in [7, 11) is -1.70.